The van der Waals surface area contributed by atoms with E-state index in [4.69, 9.17) is 4.42 Å². The predicted octanol–water partition coefficient (Wildman–Crippen LogP) is 17.2. The largest absolute Gasteiger partial charge is 0.455 e. The molecule has 0 spiro atoms. The van der Waals surface area contributed by atoms with Gasteiger partial charge in [-0.05, 0) is 126 Å². The van der Waals surface area contributed by atoms with Gasteiger partial charge in [0.25, 0.3) is 0 Å². The molecule has 12 rings (SSSR count). The van der Waals surface area contributed by atoms with Crippen LogP contribution < -0.4 is 4.90 Å². The first-order valence-electron chi connectivity index (χ1n) is 21.3. The minimum absolute atomic E-state index is 0.900. The standard InChI is InChI=1S/C60H39NO/c1-4-16-43(17-5-1)57-53-24-13-12-23-51(53)52-37-32-45(39-55(52)58(57)44-18-6-2-7-19-44)40-27-33-47(34-28-40)61(46-20-8-3-9-21-46)48-35-29-42(30-36-48)49-25-14-26-56-59(49)54-38-31-41-15-10-11-22-50(41)60(54)62-56/h1-39H. The number of hydrogen-bond donors (Lipinski definition) is 0. The smallest absolute Gasteiger partial charge is 0.143 e. The van der Waals surface area contributed by atoms with E-state index in [9.17, 15) is 0 Å². The zero-order chi connectivity index (χ0) is 41.0. The van der Waals surface area contributed by atoms with Crippen LogP contribution in [0.4, 0.5) is 17.1 Å². The Morgan fingerprint density at radius 1 is 0.290 bits per heavy atom. The summed E-state index contributed by atoms with van der Waals surface area (Å²) in [6.07, 6.45) is 0. The minimum Gasteiger partial charge on any atom is -0.455 e. The van der Waals surface area contributed by atoms with Crippen LogP contribution in [0.25, 0.3) is 98.8 Å². The summed E-state index contributed by atoms with van der Waals surface area (Å²) in [5, 5.41) is 9.61. The summed E-state index contributed by atoms with van der Waals surface area (Å²) < 4.78 is 6.53. The van der Waals surface area contributed by atoms with E-state index in [0.717, 1.165) is 55.5 Å². The summed E-state index contributed by atoms with van der Waals surface area (Å²) in [7, 11) is 0. The molecule has 0 unspecified atom stereocenters. The van der Waals surface area contributed by atoms with E-state index in [-0.39, 0.29) is 0 Å². The van der Waals surface area contributed by atoms with Gasteiger partial charge in [0.2, 0.25) is 0 Å². The van der Waals surface area contributed by atoms with E-state index in [2.05, 4.69) is 241 Å². The minimum atomic E-state index is 0.900. The number of fused-ring (bicyclic) bond motifs is 8. The molecular formula is C60H39NO. The number of para-hydroxylation sites is 1. The highest BCUT2D eigenvalue weighted by molar-refractivity contribution is 6.22. The zero-order valence-corrected chi connectivity index (χ0v) is 33.9. The maximum atomic E-state index is 6.53. The van der Waals surface area contributed by atoms with Gasteiger partial charge in [0.15, 0.2) is 0 Å². The van der Waals surface area contributed by atoms with Gasteiger partial charge in [0.1, 0.15) is 11.2 Å². The summed E-state index contributed by atoms with van der Waals surface area (Å²) in [5.41, 5.74) is 14.7. The van der Waals surface area contributed by atoms with Crippen LogP contribution in [-0.2, 0) is 0 Å². The van der Waals surface area contributed by atoms with E-state index in [1.807, 2.05) is 0 Å². The van der Waals surface area contributed by atoms with Gasteiger partial charge < -0.3 is 9.32 Å². The van der Waals surface area contributed by atoms with E-state index < -0.39 is 0 Å². The van der Waals surface area contributed by atoms with Crippen LogP contribution in [0.5, 0.6) is 0 Å². The number of hydrogen-bond acceptors (Lipinski definition) is 2. The molecule has 2 heteroatoms. The molecule has 1 heterocycles. The summed E-state index contributed by atoms with van der Waals surface area (Å²) in [6, 6.07) is 85.3. The Morgan fingerprint density at radius 3 is 1.50 bits per heavy atom. The Bertz CT molecular complexity index is 3590. The Morgan fingerprint density at radius 2 is 0.806 bits per heavy atom. The van der Waals surface area contributed by atoms with E-state index in [0.29, 0.717) is 0 Å². The second-order valence-corrected chi connectivity index (χ2v) is 16.0. The van der Waals surface area contributed by atoms with Gasteiger partial charge in [0, 0.05) is 33.2 Å². The number of rotatable bonds is 7. The lowest BCUT2D eigenvalue weighted by Gasteiger charge is -2.26. The van der Waals surface area contributed by atoms with Crippen LogP contribution in [0.1, 0.15) is 0 Å². The lowest BCUT2D eigenvalue weighted by atomic mass is 9.84. The van der Waals surface area contributed by atoms with E-state index in [1.54, 1.807) is 0 Å². The first kappa shape index (κ1) is 35.7. The van der Waals surface area contributed by atoms with Crippen molar-refractivity contribution in [3.8, 4) is 44.5 Å². The molecule has 0 amide bonds. The Kier molecular flexibility index (Phi) is 8.53. The van der Waals surface area contributed by atoms with Crippen molar-refractivity contribution < 1.29 is 4.42 Å². The Balaban J connectivity index is 0.951. The highest BCUT2D eigenvalue weighted by atomic mass is 16.3. The average Bonchev–Trinajstić information content (AvgIpc) is 3.75. The Labute approximate surface area is 360 Å². The van der Waals surface area contributed by atoms with Crippen molar-refractivity contribution in [1.82, 2.24) is 0 Å². The molecular weight excluding hydrogens is 751 g/mol. The molecule has 0 aliphatic heterocycles. The molecule has 0 bridgehead atoms. The number of benzene rings is 11. The van der Waals surface area contributed by atoms with Crippen molar-refractivity contribution >= 4 is 71.3 Å². The Hall–Kier alpha value is -8.20. The topological polar surface area (TPSA) is 16.4 Å². The molecule has 0 atom stereocenters. The maximum Gasteiger partial charge on any atom is 0.143 e. The lowest BCUT2D eigenvalue weighted by molar-refractivity contribution is 0.673. The van der Waals surface area contributed by atoms with Gasteiger partial charge in [-0.2, -0.15) is 0 Å². The molecule has 2 nitrogen and oxygen atoms in total. The zero-order valence-electron chi connectivity index (χ0n) is 33.9. The van der Waals surface area contributed by atoms with Crippen molar-refractivity contribution in [2.75, 3.05) is 4.90 Å². The predicted molar refractivity (Wildman–Crippen MR) is 263 cm³/mol. The van der Waals surface area contributed by atoms with Crippen molar-refractivity contribution in [2.45, 2.75) is 0 Å². The maximum absolute atomic E-state index is 6.53. The molecule has 0 aliphatic carbocycles. The second kappa shape index (κ2) is 14.8. The molecule has 0 saturated carbocycles. The highest BCUT2D eigenvalue weighted by Gasteiger charge is 2.20. The fraction of sp³-hybridized carbons (Fsp3) is 0. The van der Waals surface area contributed by atoms with Crippen molar-refractivity contribution in [3.63, 3.8) is 0 Å². The number of furan rings is 1. The van der Waals surface area contributed by atoms with Gasteiger partial charge in [-0.15, -0.1) is 0 Å². The normalized spacial score (nSPS) is 11.5. The van der Waals surface area contributed by atoms with E-state index >= 15 is 0 Å². The highest BCUT2D eigenvalue weighted by Crippen LogP contribution is 2.46. The molecule has 11 aromatic carbocycles. The summed E-state index contributed by atoms with van der Waals surface area (Å²) in [4.78, 5) is 2.33. The molecule has 0 aliphatic rings. The van der Waals surface area contributed by atoms with Crippen LogP contribution in [0.15, 0.2) is 241 Å². The third-order valence-corrected chi connectivity index (χ3v) is 12.4. The monoisotopic (exact) mass is 789 g/mol. The third kappa shape index (κ3) is 5.96. The second-order valence-electron chi connectivity index (χ2n) is 16.0. The molecule has 0 radical (unpaired) electrons. The first-order valence-corrected chi connectivity index (χ1v) is 21.3. The van der Waals surface area contributed by atoms with Crippen molar-refractivity contribution in [1.29, 1.82) is 0 Å². The SMILES string of the molecule is c1ccc(-c2c(-c3ccccc3)c3cc(-c4ccc(N(c5ccccc5)c5ccc(-c6cccc7oc8c9ccccc9ccc8c67)cc5)cc4)ccc3c3ccccc23)cc1. The van der Waals surface area contributed by atoms with Gasteiger partial charge in [0.05, 0.1) is 0 Å². The lowest BCUT2D eigenvalue weighted by Crippen LogP contribution is -2.09. The quantitative estimate of drug-likeness (QED) is 0.150. The molecule has 0 fully saturated rings. The van der Waals surface area contributed by atoms with Gasteiger partial charge in [-0.25, -0.2) is 0 Å². The van der Waals surface area contributed by atoms with Gasteiger partial charge >= 0.3 is 0 Å². The third-order valence-electron chi connectivity index (χ3n) is 12.4. The van der Waals surface area contributed by atoms with Crippen LogP contribution in [0.2, 0.25) is 0 Å². The van der Waals surface area contributed by atoms with Gasteiger partial charge in [-0.3, -0.25) is 0 Å². The molecule has 0 N–H and O–H groups in total. The fourth-order valence-electron chi connectivity index (χ4n) is 9.59. The molecule has 1 aromatic heterocycles. The molecule has 12 aromatic rings. The summed E-state index contributed by atoms with van der Waals surface area (Å²) in [6.45, 7) is 0. The number of anilines is 3. The van der Waals surface area contributed by atoms with E-state index in [1.165, 1.54) is 60.3 Å². The summed E-state index contributed by atoms with van der Waals surface area (Å²) >= 11 is 0. The fourth-order valence-corrected chi connectivity index (χ4v) is 9.59. The molecule has 290 valence electrons. The van der Waals surface area contributed by atoms with Crippen LogP contribution in [-0.4, -0.2) is 0 Å². The summed E-state index contributed by atoms with van der Waals surface area (Å²) in [5.74, 6) is 0. The van der Waals surface area contributed by atoms with Crippen LogP contribution >= 0.6 is 0 Å². The van der Waals surface area contributed by atoms with Crippen molar-refractivity contribution in [3.05, 3.63) is 237 Å². The van der Waals surface area contributed by atoms with Crippen molar-refractivity contribution in [2.24, 2.45) is 0 Å². The van der Waals surface area contributed by atoms with Crippen LogP contribution in [0.3, 0.4) is 0 Å². The molecule has 62 heavy (non-hydrogen) atoms. The number of nitrogens with zero attached hydrogens (tertiary/aromatic N) is 1. The average molecular weight is 790 g/mol. The first-order chi connectivity index (χ1) is 30.8. The van der Waals surface area contributed by atoms with Crippen LogP contribution in [0, 0.1) is 0 Å². The molecule has 0 saturated heterocycles. The van der Waals surface area contributed by atoms with Gasteiger partial charge in [-0.1, -0.05) is 182 Å².